The summed E-state index contributed by atoms with van der Waals surface area (Å²) in [5.74, 6) is -0.314. The van der Waals surface area contributed by atoms with Crippen molar-refractivity contribution >= 4 is 34.4 Å². The van der Waals surface area contributed by atoms with Crippen molar-refractivity contribution in [3.05, 3.63) is 88.6 Å². The van der Waals surface area contributed by atoms with E-state index in [0.29, 0.717) is 11.7 Å². The number of benzene rings is 2. The van der Waals surface area contributed by atoms with E-state index < -0.39 is 0 Å². The molecule has 7 nitrogen and oxygen atoms in total. The summed E-state index contributed by atoms with van der Waals surface area (Å²) in [4.78, 5) is 28.1. The molecule has 0 aliphatic rings. The van der Waals surface area contributed by atoms with Gasteiger partial charge in [0.25, 0.3) is 0 Å². The molecular weight excluding hydrogens is 446 g/mol. The second kappa shape index (κ2) is 10.3. The van der Waals surface area contributed by atoms with Gasteiger partial charge >= 0.3 is 0 Å². The van der Waals surface area contributed by atoms with E-state index in [0.717, 1.165) is 39.5 Å². The highest BCUT2D eigenvalue weighted by atomic mass is 32.1. The lowest BCUT2D eigenvalue weighted by molar-refractivity contribution is -0.119. The normalized spacial score (nSPS) is 11.0. The van der Waals surface area contributed by atoms with Crippen LogP contribution in [0.15, 0.2) is 66.1 Å². The summed E-state index contributed by atoms with van der Waals surface area (Å²) in [5, 5.41) is 12.6. The Hall–Kier alpha value is -4.04. The summed E-state index contributed by atoms with van der Waals surface area (Å²) in [6.07, 6.45) is 3.29. The predicted molar refractivity (Wildman–Crippen MR) is 136 cm³/mol. The van der Waals surface area contributed by atoms with Crippen molar-refractivity contribution in [1.82, 2.24) is 20.1 Å². The van der Waals surface area contributed by atoms with Crippen LogP contribution in [0.3, 0.4) is 0 Å². The number of rotatable bonds is 7. The Balaban J connectivity index is 1.41. The molecule has 2 amide bonds. The molecule has 4 aromatic rings. The summed E-state index contributed by atoms with van der Waals surface area (Å²) in [6, 6.07) is 17.7. The molecule has 2 aromatic carbocycles. The van der Waals surface area contributed by atoms with Crippen LogP contribution in [-0.4, -0.2) is 26.6 Å². The first kappa shape index (κ1) is 23.1. The SMILES string of the molecule is CC(=O)NCc1ccc(-c2csc(NC(=O)/C=C/c3c(C)nn(-c4ccccc4)c3C)n2)cc1. The molecule has 8 heteroatoms. The monoisotopic (exact) mass is 471 g/mol. The lowest BCUT2D eigenvalue weighted by Gasteiger charge is -2.03. The van der Waals surface area contributed by atoms with Gasteiger partial charge in [-0.05, 0) is 37.6 Å². The van der Waals surface area contributed by atoms with Crippen molar-refractivity contribution < 1.29 is 9.59 Å². The molecule has 2 aromatic heterocycles. The average Bonchev–Trinajstić information content (AvgIpc) is 3.41. The fourth-order valence-corrected chi connectivity index (χ4v) is 4.23. The number of hydrogen-bond donors (Lipinski definition) is 2. The van der Waals surface area contributed by atoms with E-state index in [1.165, 1.54) is 24.3 Å². The zero-order valence-electron chi connectivity index (χ0n) is 19.2. The molecule has 0 spiro atoms. The van der Waals surface area contributed by atoms with Gasteiger partial charge in [0.15, 0.2) is 5.13 Å². The highest BCUT2D eigenvalue weighted by molar-refractivity contribution is 7.14. The van der Waals surface area contributed by atoms with Crippen LogP contribution in [0.5, 0.6) is 0 Å². The summed E-state index contributed by atoms with van der Waals surface area (Å²) < 4.78 is 1.88. The lowest BCUT2D eigenvalue weighted by atomic mass is 10.1. The van der Waals surface area contributed by atoms with Gasteiger partial charge < -0.3 is 5.32 Å². The van der Waals surface area contributed by atoms with Gasteiger partial charge in [-0.15, -0.1) is 11.3 Å². The van der Waals surface area contributed by atoms with E-state index in [4.69, 9.17) is 0 Å². The van der Waals surface area contributed by atoms with Gasteiger partial charge in [0, 0.05) is 41.7 Å². The van der Waals surface area contributed by atoms with Crippen LogP contribution in [-0.2, 0) is 16.1 Å². The van der Waals surface area contributed by atoms with Crippen molar-refractivity contribution in [2.45, 2.75) is 27.3 Å². The Morgan fingerprint density at radius 3 is 2.50 bits per heavy atom. The van der Waals surface area contributed by atoms with Gasteiger partial charge in [-0.25, -0.2) is 9.67 Å². The summed E-state index contributed by atoms with van der Waals surface area (Å²) >= 11 is 1.37. The van der Waals surface area contributed by atoms with E-state index in [1.54, 1.807) is 6.08 Å². The third-order valence-electron chi connectivity index (χ3n) is 5.27. The van der Waals surface area contributed by atoms with E-state index in [2.05, 4.69) is 20.7 Å². The number of nitrogens with zero attached hydrogens (tertiary/aromatic N) is 3. The molecule has 2 heterocycles. The number of anilines is 1. The minimum atomic E-state index is -0.252. The number of aryl methyl sites for hydroxylation is 1. The van der Waals surface area contributed by atoms with Gasteiger partial charge in [-0.3, -0.25) is 14.9 Å². The van der Waals surface area contributed by atoms with E-state index in [9.17, 15) is 9.59 Å². The summed E-state index contributed by atoms with van der Waals surface area (Å²) in [5.41, 5.74) is 6.44. The topological polar surface area (TPSA) is 88.9 Å². The quantitative estimate of drug-likeness (QED) is 0.375. The van der Waals surface area contributed by atoms with Crippen molar-refractivity contribution in [2.24, 2.45) is 0 Å². The van der Waals surface area contributed by atoms with Crippen molar-refractivity contribution in [1.29, 1.82) is 0 Å². The summed E-state index contributed by atoms with van der Waals surface area (Å²) in [6.45, 7) is 5.90. The lowest BCUT2D eigenvalue weighted by Crippen LogP contribution is -2.18. The van der Waals surface area contributed by atoms with Crippen LogP contribution in [0.2, 0.25) is 0 Å². The largest absolute Gasteiger partial charge is 0.352 e. The van der Waals surface area contributed by atoms with Crippen LogP contribution in [0, 0.1) is 13.8 Å². The van der Waals surface area contributed by atoms with Gasteiger partial charge in [-0.1, -0.05) is 42.5 Å². The maximum Gasteiger partial charge on any atom is 0.250 e. The number of para-hydroxylation sites is 1. The molecule has 0 atom stereocenters. The number of hydrogen-bond acceptors (Lipinski definition) is 5. The Labute approximate surface area is 202 Å². The summed E-state index contributed by atoms with van der Waals surface area (Å²) in [7, 11) is 0. The molecular formula is C26H25N5O2S. The Bertz CT molecular complexity index is 1340. The predicted octanol–water partition coefficient (Wildman–Crippen LogP) is 4.90. The maximum atomic E-state index is 12.5. The molecule has 0 saturated heterocycles. The minimum absolute atomic E-state index is 0.0617. The van der Waals surface area contributed by atoms with Crippen molar-refractivity contribution in [3.8, 4) is 16.9 Å². The smallest absolute Gasteiger partial charge is 0.250 e. The number of thiazole rings is 1. The fraction of sp³-hybridized carbons (Fsp3) is 0.154. The van der Waals surface area contributed by atoms with E-state index in [-0.39, 0.29) is 11.8 Å². The number of nitrogens with one attached hydrogen (secondary N) is 2. The van der Waals surface area contributed by atoms with Crippen LogP contribution in [0.4, 0.5) is 5.13 Å². The molecule has 0 bridgehead atoms. The molecule has 34 heavy (non-hydrogen) atoms. The zero-order valence-corrected chi connectivity index (χ0v) is 20.0. The molecule has 2 N–H and O–H groups in total. The number of carbonyl (C=O) groups excluding carboxylic acids is 2. The average molecular weight is 472 g/mol. The van der Waals surface area contributed by atoms with Crippen LogP contribution in [0.25, 0.3) is 23.0 Å². The molecule has 172 valence electrons. The second-order valence-corrected chi connectivity index (χ2v) is 8.66. The number of carbonyl (C=O) groups is 2. The molecule has 0 aliphatic carbocycles. The van der Waals surface area contributed by atoms with Gasteiger partial charge in [0.2, 0.25) is 11.8 Å². The first-order valence-corrected chi connectivity index (χ1v) is 11.7. The maximum absolute atomic E-state index is 12.5. The Morgan fingerprint density at radius 1 is 1.06 bits per heavy atom. The molecule has 0 fully saturated rings. The molecule has 0 radical (unpaired) electrons. The highest BCUT2D eigenvalue weighted by Gasteiger charge is 2.11. The Morgan fingerprint density at radius 2 is 1.79 bits per heavy atom. The van der Waals surface area contributed by atoms with E-state index >= 15 is 0 Å². The first-order chi connectivity index (χ1) is 16.4. The fourth-order valence-electron chi connectivity index (χ4n) is 3.51. The molecule has 0 saturated carbocycles. The Kier molecular flexibility index (Phi) is 6.98. The standard InChI is InChI=1S/C26H25N5O2S/c1-17-23(18(2)31(30-17)22-7-5-4-6-8-22)13-14-25(33)29-26-28-24(16-34-26)21-11-9-20(10-12-21)15-27-19(3)32/h4-14,16H,15H2,1-3H3,(H,27,32)(H,28,29,33)/b14-13+. The molecule has 0 unspecified atom stereocenters. The highest BCUT2D eigenvalue weighted by Crippen LogP contribution is 2.25. The van der Waals surface area contributed by atoms with E-state index in [1.807, 2.05) is 78.5 Å². The van der Waals surface area contributed by atoms with Gasteiger partial charge in [0.05, 0.1) is 17.1 Å². The molecule has 0 aliphatic heterocycles. The third-order valence-corrected chi connectivity index (χ3v) is 6.03. The number of aromatic nitrogens is 3. The van der Waals surface area contributed by atoms with Gasteiger partial charge in [0.1, 0.15) is 0 Å². The van der Waals surface area contributed by atoms with Crippen molar-refractivity contribution in [3.63, 3.8) is 0 Å². The van der Waals surface area contributed by atoms with Gasteiger partial charge in [-0.2, -0.15) is 5.10 Å². The van der Waals surface area contributed by atoms with Crippen LogP contribution < -0.4 is 10.6 Å². The zero-order chi connectivity index (χ0) is 24.1. The van der Waals surface area contributed by atoms with Crippen molar-refractivity contribution in [2.75, 3.05) is 5.32 Å². The number of amides is 2. The minimum Gasteiger partial charge on any atom is -0.352 e. The second-order valence-electron chi connectivity index (χ2n) is 7.80. The third kappa shape index (κ3) is 5.47. The van der Waals surface area contributed by atoms with Crippen LogP contribution in [0.1, 0.15) is 29.4 Å². The molecule has 4 rings (SSSR count). The van der Waals surface area contributed by atoms with Crippen LogP contribution >= 0.6 is 11.3 Å². The first-order valence-electron chi connectivity index (χ1n) is 10.8.